The number of halogens is 1. The van der Waals surface area contributed by atoms with E-state index in [1.165, 1.54) is 57.8 Å². The Bertz CT molecular complexity index is 657. The number of rotatable bonds is 6. The number of ketones is 1. The summed E-state index contributed by atoms with van der Waals surface area (Å²) in [4.78, 5) is 14.0. The Kier molecular flexibility index (Phi) is 7.10. The Morgan fingerprint density at radius 3 is 2.32 bits per heavy atom. The van der Waals surface area contributed by atoms with E-state index in [0.29, 0.717) is 27.9 Å². The zero-order chi connectivity index (χ0) is 22.6. The molecule has 0 bridgehead atoms. The number of hydrogen-bond donors (Lipinski definition) is 0. The smallest absolute Gasteiger partial charge is 0.136 e. The van der Waals surface area contributed by atoms with Crippen molar-refractivity contribution in [1.29, 1.82) is 0 Å². The Morgan fingerprint density at radius 1 is 0.968 bits per heavy atom. The predicted octanol–water partition coefficient (Wildman–Crippen LogP) is 8.69. The van der Waals surface area contributed by atoms with Crippen LogP contribution in [0.5, 0.6) is 0 Å². The van der Waals surface area contributed by atoms with E-state index in [1.807, 2.05) is 0 Å². The number of Topliss-reactive ketones (excluding diaryl/α,β-unsaturated/α-hetero) is 1. The van der Waals surface area contributed by atoms with Gasteiger partial charge in [0, 0.05) is 17.2 Å². The molecule has 0 radical (unpaired) electrons. The van der Waals surface area contributed by atoms with Gasteiger partial charge >= 0.3 is 0 Å². The third-order valence-corrected chi connectivity index (χ3v) is 12.4. The average molecular weight is 494 g/mol. The van der Waals surface area contributed by atoms with Crippen molar-refractivity contribution in [2.24, 2.45) is 58.2 Å². The summed E-state index contributed by atoms with van der Waals surface area (Å²) in [6, 6.07) is 0. The molecule has 1 nitrogen and oxygen atoms in total. The number of fused-ring (bicyclic) bond motifs is 5. The first kappa shape index (κ1) is 24.3. The lowest BCUT2D eigenvalue weighted by molar-refractivity contribution is -0.154. The fourth-order valence-corrected chi connectivity index (χ4v) is 10.3. The number of carbonyl (C=O) groups excluding carboxylic acids is 1. The number of hydrogen-bond acceptors (Lipinski definition) is 1. The van der Waals surface area contributed by atoms with Crippen LogP contribution in [0.15, 0.2) is 0 Å². The van der Waals surface area contributed by atoms with Crippen LogP contribution in [0.25, 0.3) is 0 Å². The van der Waals surface area contributed by atoms with Crippen LogP contribution < -0.4 is 0 Å². The molecule has 0 spiro atoms. The molecule has 0 aromatic carbocycles. The van der Waals surface area contributed by atoms with Crippen LogP contribution in [0.1, 0.15) is 112 Å². The molecule has 178 valence electrons. The second kappa shape index (κ2) is 9.07. The van der Waals surface area contributed by atoms with Crippen LogP contribution in [0.4, 0.5) is 0 Å². The van der Waals surface area contributed by atoms with Crippen LogP contribution in [-0.4, -0.2) is 10.6 Å². The van der Waals surface area contributed by atoms with Crippen LogP contribution in [0.3, 0.4) is 0 Å². The van der Waals surface area contributed by atoms with Crippen LogP contribution in [-0.2, 0) is 4.79 Å². The first-order valence-corrected chi connectivity index (χ1v) is 14.7. The van der Waals surface area contributed by atoms with E-state index in [9.17, 15) is 4.79 Å². The van der Waals surface area contributed by atoms with Gasteiger partial charge in [-0.05, 0) is 104 Å². The lowest BCUT2D eigenvalue weighted by Gasteiger charge is -2.60. The van der Waals surface area contributed by atoms with E-state index >= 15 is 0 Å². The van der Waals surface area contributed by atoms with Gasteiger partial charge < -0.3 is 0 Å². The van der Waals surface area contributed by atoms with E-state index in [2.05, 4.69) is 57.5 Å². The maximum absolute atomic E-state index is 13.4. The summed E-state index contributed by atoms with van der Waals surface area (Å²) in [6.45, 7) is 14.9. The van der Waals surface area contributed by atoms with Gasteiger partial charge in [-0.3, -0.25) is 4.79 Å². The standard InChI is InChI=1S/C29H49BrO/c1-7-20(18(2)3)9-8-19(4)23-10-11-24-22-17-27(31)26-16-21(30)12-14-29(26,6)25(22)13-15-28(23,24)5/h18-26H,7-17H2,1-6H3/t19-,20-,21+,22-,23+,24-,25+,26-,28-,29-/m1/s1. The Morgan fingerprint density at radius 2 is 1.65 bits per heavy atom. The molecule has 31 heavy (non-hydrogen) atoms. The molecule has 4 saturated carbocycles. The van der Waals surface area contributed by atoms with E-state index in [0.717, 1.165) is 48.3 Å². The second-order valence-corrected chi connectivity index (χ2v) is 14.5. The zero-order valence-electron chi connectivity index (χ0n) is 21.3. The van der Waals surface area contributed by atoms with Gasteiger partial charge in [0.05, 0.1) is 0 Å². The van der Waals surface area contributed by atoms with Crippen LogP contribution in [0.2, 0.25) is 0 Å². The fraction of sp³-hybridized carbons (Fsp3) is 0.966. The molecule has 4 aliphatic carbocycles. The Balaban J connectivity index is 1.49. The third kappa shape index (κ3) is 4.12. The Labute approximate surface area is 201 Å². The molecule has 10 atom stereocenters. The molecule has 0 amide bonds. The molecular weight excluding hydrogens is 444 g/mol. The van der Waals surface area contributed by atoms with Crippen molar-refractivity contribution in [2.45, 2.75) is 117 Å². The minimum atomic E-state index is 0.279. The summed E-state index contributed by atoms with van der Waals surface area (Å²) in [5.41, 5.74) is 0.761. The van der Waals surface area contributed by atoms with Crippen molar-refractivity contribution in [2.75, 3.05) is 0 Å². The molecule has 0 saturated heterocycles. The quantitative estimate of drug-likeness (QED) is 0.338. The summed E-state index contributed by atoms with van der Waals surface area (Å²) in [6.07, 6.45) is 14.3. The van der Waals surface area contributed by atoms with Gasteiger partial charge in [-0.2, -0.15) is 0 Å². The molecule has 4 rings (SSSR count). The van der Waals surface area contributed by atoms with Gasteiger partial charge in [0.1, 0.15) is 5.78 Å². The van der Waals surface area contributed by atoms with Crippen molar-refractivity contribution in [3.05, 3.63) is 0 Å². The lowest BCUT2D eigenvalue weighted by atomic mass is 9.44. The van der Waals surface area contributed by atoms with Gasteiger partial charge in [-0.15, -0.1) is 0 Å². The summed E-state index contributed by atoms with van der Waals surface area (Å²) in [5.74, 6) is 6.65. The number of alkyl halides is 1. The third-order valence-electron chi connectivity index (χ3n) is 11.6. The Hall–Kier alpha value is 0.150. The first-order valence-electron chi connectivity index (χ1n) is 13.8. The van der Waals surface area contributed by atoms with E-state index in [1.54, 1.807) is 0 Å². The van der Waals surface area contributed by atoms with Crippen molar-refractivity contribution in [3.63, 3.8) is 0 Å². The largest absolute Gasteiger partial charge is 0.299 e. The lowest BCUT2D eigenvalue weighted by Crippen LogP contribution is -2.56. The van der Waals surface area contributed by atoms with Crippen LogP contribution >= 0.6 is 15.9 Å². The minimum absolute atomic E-state index is 0.279. The molecule has 0 heterocycles. The maximum Gasteiger partial charge on any atom is 0.136 e. The minimum Gasteiger partial charge on any atom is -0.299 e. The average Bonchev–Trinajstić information content (AvgIpc) is 3.07. The molecule has 0 N–H and O–H groups in total. The molecule has 0 aromatic heterocycles. The van der Waals surface area contributed by atoms with Gasteiger partial charge in [-0.25, -0.2) is 0 Å². The van der Waals surface area contributed by atoms with Gasteiger partial charge in [0.25, 0.3) is 0 Å². The van der Waals surface area contributed by atoms with Crippen molar-refractivity contribution in [3.8, 4) is 0 Å². The fourth-order valence-electron chi connectivity index (χ4n) is 9.66. The molecule has 0 unspecified atom stereocenters. The number of carbonyl (C=O) groups is 1. The normalized spacial score (nSPS) is 46.9. The van der Waals surface area contributed by atoms with Crippen molar-refractivity contribution < 1.29 is 4.79 Å². The van der Waals surface area contributed by atoms with Crippen molar-refractivity contribution >= 4 is 21.7 Å². The highest BCUT2D eigenvalue weighted by atomic mass is 79.9. The zero-order valence-corrected chi connectivity index (χ0v) is 22.8. The summed E-state index contributed by atoms with van der Waals surface area (Å²) in [5, 5.41) is 0. The van der Waals surface area contributed by atoms with Gasteiger partial charge in [0.2, 0.25) is 0 Å². The highest BCUT2D eigenvalue weighted by molar-refractivity contribution is 9.09. The van der Waals surface area contributed by atoms with Crippen molar-refractivity contribution in [1.82, 2.24) is 0 Å². The van der Waals surface area contributed by atoms with E-state index in [-0.39, 0.29) is 5.41 Å². The SMILES string of the molecule is CC[C@H](CC[C@@H](C)[C@@H]1CC[C@@H]2[C@H]3CC(=O)[C@H]4C[C@@H](Br)CC[C@]4(C)[C@H]3CC[C@@]21C)C(C)C. The highest BCUT2D eigenvalue weighted by Gasteiger charge is 2.62. The van der Waals surface area contributed by atoms with Gasteiger partial charge in [0.15, 0.2) is 0 Å². The molecular formula is C29H49BrO. The summed E-state index contributed by atoms with van der Waals surface area (Å²) < 4.78 is 0. The molecule has 4 fully saturated rings. The van der Waals surface area contributed by atoms with Crippen LogP contribution in [0, 0.1) is 58.2 Å². The highest BCUT2D eigenvalue weighted by Crippen LogP contribution is 2.68. The maximum atomic E-state index is 13.4. The molecule has 2 heteroatoms. The summed E-state index contributed by atoms with van der Waals surface area (Å²) >= 11 is 3.85. The first-order chi connectivity index (χ1) is 14.6. The monoisotopic (exact) mass is 492 g/mol. The van der Waals surface area contributed by atoms with Gasteiger partial charge in [-0.1, -0.05) is 70.3 Å². The molecule has 4 aliphatic rings. The van der Waals surface area contributed by atoms with E-state index in [4.69, 9.17) is 0 Å². The second-order valence-electron chi connectivity index (χ2n) is 13.2. The molecule has 0 aliphatic heterocycles. The topological polar surface area (TPSA) is 17.1 Å². The van der Waals surface area contributed by atoms with E-state index < -0.39 is 0 Å². The predicted molar refractivity (Wildman–Crippen MR) is 135 cm³/mol. The molecule has 0 aromatic rings. The summed E-state index contributed by atoms with van der Waals surface area (Å²) in [7, 11) is 0.